The minimum Gasteiger partial charge on any atom is -0.481 e. The molecule has 0 bridgehead atoms. The minimum atomic E-state index is -0.600. The number of anilines is 1. The van der Waals surface area contributed by atoms with Crippen molar-refractivity contribution < 1.29 is 9.53 Å². The number of hydrogen-bond donors (Lipinski definition) is 0. The molecular formula is C13H16N2O2. The molecule has 0 unspecified atom stereocenters. The Morgan fingerprint density at radius 3 is 2.71 bits per heavy atom. The number of pyridine rings is 1. The van der Waals surface area contributed by atoms with E-state index in [4.69, 9.17) is 4.74 Å². The molecule has 1 aromatic heterocycles. The van der Waals surface area contributed by atoms with Gasteiger partial charge in [0.15, 0.2) is 0 Å². The van der Waals surface area contributed by atoms with Crippen molar-refractivity contribution in [3.05, 3.63) is 23.9 Å². The van der Waals surface area contributed by atoms with E-state index in [9.17, 15) is 4.79 Å². The molecule has 4 nitrogen and oxygen atoms in total. The van der Waals surface area contributed by atoms with Gasteiger partial charge in [-0.25, -0.2) is 4.98 Å². The van der Waals surface area contributed by atoms with E-state index in [1.807, 2.05) is 19.9 Å². The van der Waals surface area contributed by atoms with E-state index in [2.05, 4.69) is 11.6 Å². The molecule has 4 heteroatoms. The van der Waals surface area contributed by atoms with Crippen molar-refractivity contribution in [3.63, 3.8) is 0 Å². The molecule has 2 heterocycles. The van der Waals surface area contributed by atoms with Gasteiger partial charge in [-0.05, 0) is 19.9 Å². The predicted octanol–water partition coefficient (Wildman–Crippen LogP) is 1.99. The number of likely N-dealkylation sites (N-methyl/N-ethyl adjacent to an activating group) is 1. The fourth-order valence-corrected chi connectivity index (χ4v) is 2.16. The van der Waals surface area contributed by atoms with Crippen LogP contribution in [0.25, 0.3) is 6.08 Å². The van der Waals surface area contributed by atoms with Gasteiger partial charge < -0.3 is 9.64 Å². The Morgan fingerprint density at radius 2 is 2.18 bits per heavy atom. The van der Waals surface area contributed by atoms with Gasteiger partial charge >= 0.3 is 0 Å². The van der Waals surface area contributed by atoms with Crippen molar-refractivity contribution in [1.82, 2.24) is 4.98 Å². The number of aromatic nitrogens is 1. The Kier molecular flexibility index (Phi) is 2.45. The molecule has 1 aliphatic rings. The maximum absolute atomic E-state index is 12.1. The third-order valence-electron chi connectivity index (χ3n) is 3.20. The first-order chi connectivity index (χ1) is 7.93. The lowest BCUT2D eigenvalue weighted by atomic mass is 9.90. The molecule has 0 N–H and O–H groups in total. The Balaban J connectivity index is 2.71. The van der Waals surface area contributed by atoms with E-state index >= 15 is 0 Å². The molecule has 1 amide bonds. The number of nitrogens with zero attached hydrogens (tertiary/aromatic N) is 2. The van der Waals surface area contributed by atoms with Gasteiger partial charge in [0.1, 0.15) is 0 Å². The van der Waals surface area contributed by atoms with Crippen LogP contribution in [0.1, 0.15) is 25.1 Å². The van der Waals surface area contributed by atoms with Gasteiger partial charge in [0, 0.05) is 12.6 Å². The lowest BCUT2D eigenvalue weighted by molar-refractivity contribution is -0.121. The van der Waals surface area contributed by atoms with Gasteiger partial charge in [0.2, 0.25) is 11.8 Å². The molecular weight excluding hydrogens is 216 g/mol. The van der Waals surface area contributed by atoms with Crippen molar-refractivity contribution in [1.29, 1.82) is 0 Å². The lowest BCUT2D eigenvalue weighted by Crippen LogP contribution is -2.33. The smallest absolute Gasteiger partial charge is 0.238 e. The molecule has 0 aliphatic carbocycles. The number of carbonyl (C=O) groups is 1. The summed E-state index contributed by atoms with van der Waals surface area (Å²) in [5.41, 5.74) is 1.78. The molecule has 90 valence electrons. The number of ether oxygens (including phenoxy) is 1. The zero-order valence-corrected chi connectivity index (χ0v) is 10.6. The second-order valence-corrected chi connectivity index (χ2v) is 4.65. The summed E-state index contributed by atoms with van der Waals surface area (Å²) in [6.45, 7) is 7.47. The Labute approximate surface area is 101 Å². The molecule has 17 heavy (non-hydrogen) atoms. The van der Waals surface area contributed by atoms with Crippen molar-refractivity contribution in [2.75, 3.05) is 19.1 Å². The zero-order chi connectivity index (χ0) is 12.8. The average molecular weight is 232 g/mol. The molecule has 0 saturated heterocycles. The predicted molar refractivity (Wildman–Crippen MR) is 67.3 cm³/mol. The summed E-state index contributed by atoms with van der Waals surface area (Å²) in [6, 6.07) is 1.89. The maximum Gasteiger partial charge on any atom is 0.238 e. The number of fused-ring (bicyclic) bond motifs is 1. The maximum atomic E-state index is 12.1. The average Bonchev–Trinajstić information content (AvgIpc) is 2.49. The van der Waals surface area contributed by atoms with Crippen LogP contribution in [0, 0.1) is 0 Å². The Morgan fingerprint density at radius 1 is 1.53 bits per heavy atom. The van der Waals surface area contributed by atoms with E-state index in [1.54, 1.807) is 25.1 Å². The Hall–Kier alpha value is -1.84. The van der Waals surface area contributed by atoms with Crippen LogP contribution >= 0.6 is 0 Å². The Bertz CT molecular complexity index is 506. The first kappa shape index (κ1) is 11.6. The van der Waals surface area contributed by atoms with Gasteiger partial charge in [-0.3, -0.25) is 4.79 Å². The fourth-order valence-electron chi connectivity index (χ4n) is 2.16. The molecule has 0 spiro atoms. The number of amides is 1. The summed E-state index contributed by atoms with van der Waals surface area (Å²) in [5.74, 6) is 0.554. The van der Waals surface area contributed by atoms with Crippen LogP contribution in [0.15, 0.2) is 12.6 Å². The third kappa shape index (κ3) is 1.44. The first-order valence-corrected chi connectivity index (χ1v) is 5.43. The van der Waals surface area contributed by atoms with Gasteiger partial charge in [-0.1, -0.05) is 12.7 Å². The van der Waals surface area contributed by atoms with E-state index in [0.29, 0.717) is 5.88 Å². The van der Waals surface area contributed by atoms with E-state index in [0.717, 1.165) is 16.9 Å². The van der Waals surface area contributed by atoms with Gasteiger partial charge in [-0.2, -0.15) is 0 Å². The SMILES string of the molecule is C=Cc1cc2c(nc1OC)C(C)(C)C(=O)N2C. The summed E-state index contributed by atoms with van der Waals surface area (Å²) >= 11 is 0. The van der Waals surface area contributed by atoms with Crippen molar-refractivity contribution >= 4 is 17.7 Å². The number of methoxy groups -OCH3 is 1. The van der Waals surface area contributed by atoms with Gasteiger partial charge in [0.05, 0.1) is 23.9 Å². The summed E-state index contributed by atoms with van der Waals surface area (Å²) in [4.78, 5) is 18.2. The summed E-state index contributed by atoms with van der Waals surface area (Å²) in [6.07, 6.45) is 1.68. The van der Waals surface area contributed by atoms with E-state index in [-0.39, 0.29) is 5.91 Å². The molecule has 0 fully saturated rings. The number of rotatable bonds is 2. The molecule has 0 atom stereocenters. The monoisotopic (exact) mass is 232 g/mol. The molecule has 1 aliphatic heterocycles. The van der Waals surface area contributed by atoms with Crippen molar-refractivity contribution in [2.24, 2.45) is 0 Å². The van der Waals surface area contributed by atoms with Crippen molar-refractivity contribution in [2.45, 2.75) is 19.3 Å². The summed E-state index contributed by atoms with van der Waals surface area (Å²) < 4.78 is 5.21. The van der Waals surface area contributed by atoms with Crippen molar-refractivity contribution in [3.8, 4) is 5.88 Å². The topological polar surface area (TPSA) is 42.4 Å². The molecule has 0 aromatic carbocycles. The zero-order valence-electron chi connectivity index (χ0n) is 10.6. The van der Waals surface area contributed by atoms with Crippen LogP contribution < -0.4 is 9.64 Å². The molecule has 2 rings (SSSR count). The second kappa shape index (κ2) is 3.58. The standard InChI is InChI=1S/C13H16N2O2/c1-6-8-7-9-10(14-11(8)17-5)13(2,3)12(16)15(9)4/h6-7H,1H2,2-5H3. The van der Waals surface area contributed by atoms with Crippen LogP contribution in [-0.2, 0) is 10.2 Å². The number of carbonyl (C=O) groups excluding carboxylic acids is 1. The van der Waals surface area contributed by atoms with Crippen LogP contribution in [0.2, 0.25) is 0 Å². The largest absolute Gasteiger partial charge is 0.481 e. The fraction of sp³-hybridized carbons (Fsp3) is 0.385. The highest BCUT2D eigenvalue weighted by atomic mass is 16.5. The van der Waals surface area contributed by atoms with Crippen LogP contribution in [-0.4, -0.2) is 25.0 Å². The second-order valence-electron chi connectivity index (χ2n) is 4.65. The third-order valence-corrected chi connectivity index (χ3v) is 3.20. The lowest BCUT2D eigenvalue weighted by Gasteiger charge is -2.15. The van der Waals surface area contributed by atoms with Gasteiger partial charge in [0.25, 0.3) is 0 Å². The normalized spacial score (nSPS) is 16.9. The van der Waals surface area contributed by atoms with Crippen LogP contribution in [0.4, 0.5) is 5.69 Å². The molecule has 0 radical (unpaired) electrons. The first-order valence-electron chi connectivity index (χ1n) is 5.43. The highest BCUT2D eigenvalue weighted by molar-refractivity contribution is 6.06. The minimum absolute atomic E-state index is 0.0447. The van der Waals surface area contributed by atoms with Gasteiger partial charge in [-0.15, -0.1) is 0 Å². The van der Waals surface area contributed by atoms with Crippen LogP contribution in [0.5, 0.6) is 5.88 Å². The number of hydrogen-bond acceptors (Lipinski definition) is 3. The molecule has 0 saturated carbocycles. The van der Waals surface area contributed by atoms with Crippen LogP contribution in [0.3, 0.4) is 0 Å². The highest BCUT2D eigenvalue weighted by Crippen LogP contribution is 2.41. The molecule has 1 aromatic rings. The van der Waals surface area contributed by atoms with E-state index in [1.165, 1.54) is 0 Å². The quantitative estimate of drug-likeness (QED) is 0.783. The summed E-state index contributed by atoms with van der Waals surface area (Å²) in [7, 11) is 3.33. The summed E-state index contributed by atoms with van der Waals surface area (Å²) in [5, 5.41) is 0. The van der Waals surface area contributed by atoms with E-state index < -0.39 is 5.41 Å². The highest BCUT2D eigenvalue weighted by Gasteiger charge is 2.44.